The summed E-state index contributed by atoms with van der Waals surface area (Å²) in [7, 11) is 0. The van der Waals surface area contributed by atoms with E-state index in [2.05, 4.69) is 20.6 Å². The Bertz CT molecular complexity index is 1080. The fourth-order valence-corrected chi connectivity index (χ4v) is 2.69. The lowest BCUT2D eigenvalue weighted by Gasteiger charge is -2.10. The highest BCUT2D eigenvalue weighted by Gasteiger charge is 2.15. The van der Waals surface area contributed by atoms with Crippen molar-refractivity contribution in [2.45, 2.75) is 13.8 Å². The standard InChI is InChI=1S/C22H20N4O4/c1-3-30-22(29)18-7-8-19(24-14(18)2)21(28)26-17-6-4-5-16(13-17)25-20(27)15-9-11-23-12-10-15/h4-13H,3H2,1-2H3,(H,25,27)(H,26,28). The summed E-state index contributed by atoms with van der Waals surface area (Å²) < 4.78 is 4.96. The maximum Gasteiger partial charge on any atom is 0.339 e. The van der Waals surface area contributed by atoms with Crippen molar-refractivity contribution in [3.8, 4) is 0 Å². The van der Waals surface area contributed by atoms with Crippen molar-refractivity contribution in [2.75, 3.05) is 17.2 Å². The van der Waals surface area contributed by atoms with Crippen LogP contribution in [0.1, 0.15) is 43.8 Å². The Morgan fingerprint density at radius 2 is 1.60 bits per heavy atom. The van der Waals surface area contributed by atoms with E-state index < -0.39 is 11.9 Å². The molecule has 0 aliphatic rings. The number of hydrogen-bond acceptors (Lipinski definition) is 6. The fourth-order valence-electron chi connectivity index (χ4n) is 2.69. The van der Waals surface area contributed by atoms with Crippen LogP contribution in [0.4, 0.5) is 11.4 Å². The molecule has 0 aliphatic heterocycles. The molecule has 8 heteroatoms. The van der Waals surface area contributed by atoms with Gasteiger partial charge in [-0.1, -0.05) is 6.07 Å². The van der Waals surface area contributed by atoms with Crippen LogP contribution in [0.25, 0.3) is 0 Å². The Hall–Kier alpha value is -4.07. The summed E-state index contributed by atoms with van der Waals surface area (Å²) in [5.41, 5.74) is 2.36. The first-order valence-electron chi connectivity index (χ1n) is 9.25. The van der Waals surface area contributed by atoms with E-state index in [1.807, 2.05) is 0 Å². The molecule has 0 saturated carbocycles. The normalized spacial score (nSPS) is 10.2. The minimum absolute atomic E-state index is 0.159. The van der Waals surface area contributed by atoms with Gasteiger partial charge in [0.1, 0.15) is 5.69 Å². The summed E-state index contributed by atoms with van der Waals surface area (Å²) in [5, 5.41) is 5.50. The minimum atomic E-state index is -0.480. The van der Waals surface area contributed by atoms with E-state index in [9.17, 15) is 14.4 Å². The molecule has 3 rings (SSSR count). The summed E-state index contributed by atoms with van der Waals surface area (Å²) in [6.07, 6.45) is 3.07. The van der Waals surface area contributed by atoms with Gasteiger partial charge in [0.05, 0.1) is 17.9 Å². The fraction of sp³-hybridized carbons (Fsp3) is 0.136. The average molecular weight is 404 g/mol. The van der Waals surface area contributed by atoms with Crippen LogP contribution in [-0.2, 0) is 4.74 Å². The van der Waals surface area contributed by atoms with E-state index in [1.54, 1.807) is 50.2 Å². The molecule has 2 amide bonds. The van der Waals surface area contributed by atoms with Gasteiger partial charge in [0.15, 0.2) is 0 Å². The molecule has 0 fully saturated rings. The highest BCUT2D eigenvalue weighted by atomic mass is 16.5. The lowest BCUT2D eigenvalue weighted by molar-refractivity contribution is 0.0524. The molecule has 152 valence electrons. The van der Waals surface area contributed by atoms with Gasteiger partial charge in [-0.2, -0.15) is 0 Å². The summed E-state index contributed by atoms with van der Waals surface area (Å²) in [6, 6.07) is 12.9. The van der Waals surface area contributed by atoms with Gasteiger partial charge in [-0.3, -0.25) is 14.6 Å². The molecule has 0 bridgehead atoms. The van der Waals surface area contributed by atoms with Gasteiger partial charge < -0.3 is 15.4 Å². The molecule has 1 aromatic carbocycles. The number of esters is 1. The molecule has 0 radical (unpaired) electrons. The molecule has 0 unspecified atom stereocenters. The van der Waals surface area contributed by atoms with Crippen molar-refractivity contribution in [3.63, 3.8) is 0 Å². The van der Waals surface area contributed by atoms with E-state index in [0.29, 0.717) is 28.2 Å². The largest absolute Gasteiger partial charge is 0.462 e. The summed E-state index contributed by atoms with van der Waals surface area (Å²) in [4.78, 5) is 44.8. The van der Waals surface area contributed by atoms with Crippen LogP contribution in [0.5, 0.6) is 0 Å². The third kappa shape index (κ3) is 5.05. The van der Waals surface area contributed by atoms with Gasteiger partial charge in [-0.15, -0.1) is 0 Å². The Morgan fingerprint density at radius 3 is 2.23 bits per heavy atom. The third-order valence-corrected chi connectivity index (χ3v) is 4.13. The molecule has 3 aromatic rings. The van der Waals surface area contributed by atoms with Crippen molar-refractivity contribution in [1.82, 2.24) is 9.97 Å². The van der Waals surface area contributed by atoms with E-state index in [4.69, 9.17) is 4.74 Å². The number of ether oxygens (including phenoxy) is 1. The molecular weight excluding hydrogens is 384 g/mol. The van der Waals surface area contributed by atoms with Crippen LogP contribution in [-0.4, -0.2) is 34.4 Å². The van der Waals surface area contributed by atoms with Crippen molar-refractivity contribution in [3.05, 3.63) is 83.4 Å². The minimum Gasteiger partial charge on any atom is -0.462 e. The van der Waals surface area contributed by atoms with Crippen LogP contribution in [0.2, 0.25) is 0 Å². The highest BCUT2D eigenvalue weighted by molar-refractivity contribution is 6.06. The zero-order chi connectivity index (χ0) is 21.5. The second-order valence-electron chi connectivity index (χ2n) is 6.27. The van der Waals surface area contributed by atoms with Crippen molar-refractivity contribution >= 4 is 29.2 Å². The van der Waals surface area contributed by atoms with Crippen molar-refractivity contribution in [1.29, 1.82) is 0 Å². The molecule has 2 heterocycles. The first kappa shape index (κ1) is 20.7. The topological polar surface area (TPSA) is 110 Å². The first-order chi connectivity index (χ1) is 14.5. The first-order valence-corrected chi connectivity index (χ1v) is 9.25. The predicted octanol–water partition coefficient (Wildman–Crippen LogP) is 3.47. The van der Waals surface area contributed by atoms with Crippen molar-refractivity contribution in [2.24, 2.45) is 0 Å². The molecule has 0 spiro atoms. The number of carbonyl (C=O) groups excluding carboxylic acids is 3. The Morgan fingerprint density at radius 1 is 0.933 bits per heavy atom. The number of rotatable bonds is 6. The molecule has 0 aliphatic carbocycles. The second kappa shape index (κ2) is 9.42. The Kier molecular flexibility index (Phi) is 6.49. The third-order valence-electron chi connectivity index (χ3n) is 4.13. The quantitative estimate of drug-likeness (QED) is 0.609. The van der Waals surface area contributed by atoms with Crippen LogP contribution < -0.4 is 10.6 Å². The smallest absolute Gasteiger partial charge is 0.339 e. The number of pyridine rings is 2. The van der Waals surface area contributed by atoms with E-state index in [1.165, 1.54) is 24.5 Å². The Balaban J connectivity index is 1.70. The molecule has 0 atom stereocenters. The van der Waals surface area contributed by atoms with Gasteiger partial charge in [0.2, 0.25) is 0 Å². The van der Waals surface area contributed by atoms with Gasteiger partial charge in [-0.25, -0.2) is 9.78 Å². The van der Waals surface area contributed by atoms with Crippen molar-refractivity contribution < 1.29 is 19.1 Å². The lowest BCUT2D eigenvalue weighted by Crippen LogP contribution is -2.16. The highest BCUT2D eigenvalue weighted by Crippen LogP contribution is 2.17. The van der Waals surface area contributed by atoms with E-state index in [0.717, 1.165) is 0 Å². The summed E-state index contributed by atoms with van der Waals surface area (Å²) >= 11 is 0. The number of amides is 2. The number of carbonyl (C=O) groups is 3. The molecule has 8 nitrogen and oxygen atoms in total. The van der Waals surface area contributed by atoms with Crippen LogP contribution in [0.3, 0.4) is 0 Å². The SMILES string of the molecule is CCOC(=O)c1ccc(C(=O)Nc2cccc(NC(=O)c3ccncc3)c2)nc1C. The molecular formula is C22H20N4O4. The maximum absolute atomic E-state index is 12.5. The predicted molar refractivity (Wildman–Crippen MR) is 112 cm³/mol. The van der Waals surface area contributed by atoms with Gasteiger partial charge >= 0.3 is 5.97 Å². The van der Waals surface area contributed by atoms with Gasteiger partial charge in [0.25, 0.3) is 11.8 Å². The maximum atomic E-state index is 12.5. The molecule has 2 aromatic heterocycles. The van der Waals surface area contributed by atoms with Gasteiger partial charge in [0, 0.05) is 29.3 Å². The summed E-state index contributed by atoms with van der Waals surface area (Å²) in [5.74, 6) is -1.20. The number of nitrogens with zero attached hydrogens (tertiary/aromatic N) is 2. The Labute approximate surface area is 173 Å². The summed E-state index contributed by atoms with van der Waals surface area (Å²) in [6.45, 7) is 3.61. The number of benzene rings is 1. The zero-order valence-electron chi connectivity index (χ0n) is 16.5. The van der Waals surface area contributed by atoms with Crippen LogP contribution >= 0.6 is 0 Å². The zero-order valence-corrected chi connectivity index (χ0v) is 16.5. The van der Waals surface area contributed by atoms with Crippen LogP contribution in [0.15, 0.2) is 60.9 Å². The van der Waals surface area contributed by atoms with Crippen LogP contribution in [0, 0.1) is 6.92 Å². The van der Waals surface area contributed by atoms with E-state index >= 15 is 0 Å². The molecule has 0 saturated heterocycles. The number of aryl methyl sites for hydroxylation is 1. The number of hydrogen-bond donors (Lipinski definition) is 2. The average Bonchev–Trinajstić information content (AvgIpc) is 2.74. The lowest BCUT2D eigenvalue weighted by atomic mass is 10.2. The second-order valence-corrected chi connectivity index (χ2v) is 6.27. The van der Waals surface area contributed by atoms with E-state index in [-0.39, 0.29) is 18.2 Å². The monoisotopic (exact) mass is 404 g/mol. The number of nitrogens with one attached hydrogen (secondary N) is 2. The van der Waals surface area contributed by atoms with Gasteiger partial charge in [-0.05, 0) is 56.3 Å². The number of aromatic nitrogens is 2. The number of anilines is 2. The molecule has 30 heavy (non-hydrogen) atoms. The molecule has 2 N–H and O–H groups in total.